The minimum Gasteiger partial charge on any atom is -0.464 e. The fraction of sp³-hybridized carbons (Fsp3) is 0.429. The highest BCUT2D eigenvalue weighted by molar-refractivity contribution is 8.01. The third kappa shape index (κ3) is 6.30. The highest BCUT2D eigenvalue weighted by atomic mass is 32.2. The van der Waals surface area contributed by atoms with Crippen molar-refractivity contribution in [3.63, 3.8) is 0 Å². The van der Waals surface area contributed by atoms with E-state index < -0.39 is 10.9 Å². The second kappa shape index (κ2) is 11.2. The van der Waals surface area contributed by atoms with Crippen molar-refractivity contribution in [2.75, 3.05) is 13.2 Å². The second-order valence-corrected chi connectivity index (χ2v) is 10.3. The van der Waals surface area contributed by atoms with Gasteiger partial charge < -0.3 is 14.2 Å². The predicted octanol–water partition coefficient (Wildman–Crippen LogP) is 5.90. The zero-order valence-electron chi connectivity index (χ0n) is 20.8. The van der Waals surface area contributed by atoms with Crippen LogP contribution in [-0.4, -0.2) is 42.1 Å². The van der Waals surface area contributed by atoms with Crippen LogP contribution in [0.25, 0.3) is 0 Å². The standard InChI is InChI=1S/C28H34O5S/c1-7-31-25-16-23(33-27(30)26-20(4)14-19(3)15-21(26)5)12-13-28(25,17-32-22(6)29)34-24-10-8-18(2)9-11-24/h8-15,23,25H,7,16-17H2,1-6H3/t23-,25+,28+/m0/s1. The van der Waals surface area contributed by atoms with Gasteiger partial charge in [0.15, 0.2) is 0 Å². The quantitative estimate of drug-likeness (QED) is 0.345. The summed E-state index contributed by atoms with van der Waals surface area (Å²) in [6.45, 7) is 11.9. The number of ether oxygens (including phenoxy) is 3. The van der Waals surface area contributed by atoms with Crippen molar-refractivity contribution in [3.05, 3.63) is 76.4 Å². The molecule has 0 unspecified atom stereocenters. The van der Waals surface area contributed by atoms with Crippen LogP contribution in [0.2, 0.25) is 0 Å². The Balaban J connectivity index is 1.88. The van der Waals surface area contributed by atoms with Gasteiger partial charge in [0.1, 0.15) is 12.7 Å². The third-order valence-corrected chi connectivity index (χ3v) is 7.33. The summed E-state index contributed by atoms with van der Waals surface area (Å²) in [5.74, 6) is -0.676. The molecule has 5 nitrogen and oxygen atoms in total. The predicted molar refractivity (Wildman–Crippen MR) is 135 cm³/mol. The van der Waals surface area contributed by atoms with Crippen LogP contribution in [-0.2, 0) is 19.0 Å². The van der Waals surface area contributed by atoms with Crippen molar-refractivity contribution in [2.24, 2.45) is 0 Å². The number of hydrogen-bond acceptors (Lipinski definition) is 6. The first-order valence-electron chi connectivity index (χ1n) is 11.6. The normalized spacial score (nSPS) is 21.8. The van der Waals surface area contributed by atoms with Crippen molar-refractivity contribution in [1.82, 2.24) is 0 Å². The molecule has 0 aromatic heterocycles. The maximum absolute atomic E-state index is 13.1. The van der Waals surface area contributed by atoms with Crippen LogP contribution in [0.5, 0.6) is 0 Å². The van der Waals surface area contributed by atoms with E-state index in [0.29, 0.717) is 18.6 Å². The number of benzene rings is 2. The summed E-state index contributed by atoms with van der Waals surface area (Å²) in [4.78, 5) is 25.8. The SMILES string of the molecule is CCO[C@@H]1C[C@@H](OC(=O)c2c(C)cc(C)cc2C)C=C[C@]1(COC(C)=O)Sc1ccc(C)cc1. The molecule has 3 rings (SSSR count). The van der Waals surface area contributed by atoms with E-state index in [1.165, 1.54) is 12.5 Å². The van der Waals surface area contributed by atoms with E-state index in [2.05, 4.69) is 24.3 Å². The van der Waals surface area contributed by atoms with Crippen LogP contribution in [0.3, 0.4) is 0 Å². The number of hydrogen-bond donors (Lipinski definition) is 0. The van der Waals surface area contributed by atoms with Crippen molar-refractivity contribution < 1.29 is 23.8 Å². The highest BCUT2D eigenvalue weighted by Gasteiger charge is 2.44. The van der Waals surface area contributed by atoms with Crippen LogP contribution >= 0.6 is 11.8 Å². The Morgan fingerprint density at radius 3 is 2.26 bits per heavy atom. The van der Waals surface area contributed by atoms with Crippen molar-refractivity contribution in [2.45, 2.75) is 69.8 Å². The van der Waals surface area contributed by atoms with Gasteiger partial charge in [-0.25, -0.2) is 4.79 Å². The molecule has 182 valence electrons. The van der Waals surface area contributed by atoms with Crippen molar-refractivity contribution >= 4 is 23.7 Å². The van der Waals surface area contributed by atoms with Gasteiger partial charge in [-0.1, -0.05) is 41.5 Å². The Labute approximate surface area is 206 Å². The van der Waals surface area contributed by atoms with E-state index in [4.69, 9.17) is 14.2 Å². The van der Waals surface area contributed by atoms with Gasteiger partial charge in [0, 0.05) is 24.8 Å². The third-order valence-electron chi connectivity index (χ3n) is 5.92. The summed E-state index contributed by atoms with van der Waals surface area (Å²) >= 11 is 1.61. The van der Waals surface area contributed by atoms with Crippen LogP contribution < -0.4 is 0 Å². The molecule has 6 heteroatoms. The molecule has 0 bridgehead atoms. The molecule has 2 aromatic carbocycles. The Bertz CT molecular complexity index is 1040. The number of thioether (sulfide) groups is 1. The van der Waals surface area contributed by atoms with Gasteiger partial charge in [0.05, 0.1) is 16.4 Å². The Kier molecular flexibility index (Phi) is 8.61. The zero-order valence-corrected chi connectivity index (χ0v) is 21.7. The Morgan fingerprint density at radius 1 is 1.03 bits per heavy atom. The summed E-state index contributed by atoms with van der Waals surface area (Å²) in [5.41, 5.74) is 4.71. The monoisotopic (exact) mass is 482 g/mol. The van der Waals surface area contributed by atoms with E-state index >= 15 is 0 Å². The molecule has 0 radical (unpaired) electrons. The lowest BCUT2D eigenvalue weighted by molar-refractivity contribution is -0.142. The molecule has 0 saturated heterocycles. The molecule has 0 aliphatic heterocycles. The van der Waals surface area contributed by atoms with Crippen LogP contribution in [0.4, 0.5) is 0 Å². The van der Waals surface area contributed by atoms with Gasteiger partial charge >= 0.3 is 11.9 Å². The largest absolute Gasteiger partial charge is 0.464 e. The van der Waals surface area contributed by atoms with E-state index in [1.54, 1.807) is 11.8 Å². The van der Waals surface area contributed by atoms with E-state index in [0.717, 1.165) is 21.6 Å². The fourth-order valence-corrected chi connectivity index (χ4v) is 5.64. The van der Waals surface area contributed by atoms with Gasteiger partial charge in [-0.05, 0) is 64.0 Å². The number of rotatable bonds is 8. The zero-order chi connectivity index (χ0) is 24.9. The van der Waals surface area contributed by atoms with Crippen molar-refractivity contribution in [1.29, 1.82) is 0 Å². The molecule has 0 N–H and O–H groups in total. The molecule has 34 heavy (non-hydrogen) atoms. The minimum atomic E-state index is -0.629. The Morgan fingerprint density at radius 2 is 1.68 bits per heavy atom. The summed E-state index contributed by atoms with van der Waals surface area (Å²) in [5, 5.41) is 0. The molecule has 0 fully saturated rings. The first kappa shape index (κ1) is 26.0. The van der Waals surface area contributed by atoms with E-state index in [-0.39, 0.29) is 24.6 Å². The molecule has 1 aliphatic carbocycles. The first-order valence-corrected chi connectivity index (χ1v) is 12.4. The summed E-state index contributed by atoms with van der Waals surface area (Å²) in [6, 6.07) is 12.2. The van der Waals surface area contributed by atoms with Crippen LogP contribution in [0.1, 0.15) is 52.9 Å². The first-order chi connectivity index (χ1) is 16.1. The summed E-state index contributed by atoms with van der Waals surface area (Å²) in [7, 11) is 0. The summed E-state index contributed by atoms with van der Waals surface area (Å²) in [6.07, 6.45) is 3.60. The van der Waals surface area contributed by atoms with Gasteiger partial charge in [0.2, 0.25) is 0 Å². The lowest BCUT2D eigenvalue weighted by atomic mass is 9.90. The molecule has 0 saturated carbocycles. The Hall–Kier alpha value is -2.57. The molecule has 0 heterocycles. The molecular formula is C28H34O5S. The van der Waals surface area contributed by atoms with Gasteiger partial charge in [-0.2, -0.15) is 0 Å². The van der Waals surface area contributed by atoms with Crippen LogP contribution in [0, 0.1) is 27.7 Å². The molecule has 3 atom stereocenters. The topological polar surface area (TPSA) is 61.8 Å². The van der Waals surface area contributed by atoms with Crippen molar-refractivity contribution in [3.8, 4) is 0 Å². The molecule has 0 amide bonds. The minimum absolute atomic E-state index is 0.166. The second-order valence-electron chi connectivity index (χ2n) is 8.91. The molecule has 0 spiro atoms. The van der Waals surface area contributed by atoms with E-state index in [9.17, 15) is 9.59 Å². The fourth-order valence-electron chi connectivity index (χ4n) is 4.37. The average molecular weight is 483 g/mol. The lowest BCUT2D eigenvalue weighted by Crippen LogP contribution is -2.48. The molecule has 2 aromatic rings. The van der Waals surface area contributed by atoms with Gasteiger partial charge in [0.25, 0.3) is 0 Å². The number of carbonyl (C=O) groups excluding carboxylic acids is 2. The smallest absolute Gasteiger partial charge is 0.339 e. The van der Waals surface area contributed by atoms with Gasteiger partial charge in [-0.15, -0.1) is 11.8 Å². The molecular weight excluding hydrogens is 448 g/mol. The maximum Gasteiger partial charge on any atom is 0.339 e. The highest BCUT2D eigenvalue weighted by Crippen LogP contribution is 2.43. The number of carbonyl (C=O) groups is 2. The van der Waals surface area contributed by atoms with Crippen LogP contribution in [0.15, 0.2) is 53.4 Å². The van der Waals surface area contributed by atoms with E-state index in [1.807, 2.05) is 58.9 Å². The van der Waals surface area contributed by atoms with Gasteiger partial charge in [-0.3, -0.25) is 4.79 Å². The lowest BCUT2D eigenvalue weighted by Gasteiger charge is -2.41. The number of esters is 2. The maximum atomic E-state index is 13.1. The molecule has 1 aliphatic rings. The number of aryl methyl sites for hydroxylation is 4. The summed E-state index contributed by atoms with van der Waals surface area (Å²) < 4.78 is 16.9. The average Bonchev–Trinajstić information content (AvgIpc) is 2.75.